The summed E-state index contributed by atoms with van der Waals surface area (Å²) < 4.78 is 14.4. The van der Waals surface area contributed by atoms with Gasteiger partial charge in [0.25, 0.3) is 0 Å². The number of nitrogens with zero attached hydrogens (tertiary/aromatic N) is 6. The first-order valence-electron chi connectivity index (χ1n) is 14.0. The van der Waals surface area contributed by atoms with Crippen molar-refractivity contribution in [2.45, 2.75) is 40.8 Å². The van der Waals surface area contributed by atoms with E-state index >= 15 is 0 Å². The van der Waals surface area contributed by atoms with Crippen molar-refractivity contribution in [3.05, 3.63) is 84.3 Å². The van der Waals surface area contributed by atoms with Crippen molar-refractivity contribution in [1.82, 2.24) is 29.4 Å². The lowest BCUT2D eigenvalue weighted by molar-refractivity contribution is 0.120. The van der Waals surface area contributed by atoms with E-state index in [1.165, 1.54) is 6.33 Å². The summed E-state index contributed by atoms with van der Waals surface area (Å²) in [6.45, 7) is 11.4. The molecular formula is C32H37N7O2. The van der Waals surface area contributed by atoms with Crippen LogP contribution in [0.4, 0.5) is 5.82 Å². The fourth-order valence-corrected chi connectivity index (χ4v) is 5.08. The van der Waals surface area contributed by atoms with Crippen molar-refractivity contribution < 1.29 is 9.47 Å². The van der Waals surface area contributed by atoms with Crippen molar-refractivity contribution >= 4 is 16.9 Å². The molecule has 0 amide bonds. The van der Waals surface area contributed by atoms with Crippen LogP contribution in [0.1, 0.15) is 30.8 Å². The lowest BCUT2D eigenvalue weighted by Gasteiger charge is -2.36. The normalized spacial score (nSPS) is 13.4. The van der Waals surface area contributed by atoms with Crippen molar-refractivity contribution in [2.75, 3.05) is 25.9 Å². The Labute approximate surface area is 241 Å². The number of fused-ring (bicyclic) bond motifs is 1. The molecule has 0 aliphatic carbocycles. The van der Waals surface area contributed by atoms with Gasteiger partial charge >= 0.3 is 0 Å². The number of ether oxygens (including phenoxy) is 2. The predicted octanol–water partition coefficient (Wildman–Crippen LogP) is 6.05. The largest absolute Gasteiger partial charge is 0.489 e. The van der Waals surface area contributed by atoms with Crippen molar-refractivity contribution in [3.63, 3.8) is 0 Å². The predicted molar refractivity (Wildman–Crippen MR) is 162 cm³/mol. The SMILES string of the molecule is CC.Cc1cc(OCc2cnc(C)nc2)cc(Oc2ccc(-c3cn(CC4CN(C)C4)c4ncnc(N)c34)cc2)c1. The number of anilines is 1. The van der Waals surface area contributed by atoms with Gasteiger partial charge in [0, 0.05) is 61.3 Å². The standard InChI is InChI=1S/C30H31N7O2.C2H6/c1-19-8-25(38-17-21-11-32-20(2)33-12-21)10-26(9-19)39-24-6-4-23(5-7-24)27-16-37(15-22-13-36(3)14-22)30-28(27)29(31)34-18-35-30;1-2/h4-12,16,18,22H,13-15,17H2,1-3H3,(H2,31,34,35);1-2H3. The van der Waals surface area contributed by atoms with Crippen LogP contribution in [0.15, 0.2) is 67.4 Å². The highest BCUT2D eigenvalue weighted by molar-refractivity contribution is 6.00. The van der Waals surface area contributed by atoms with E-state index in [1.54, 1.807) is 12.4 Å². The summed E-state index contributed by atoms with van der Waals surface area (Å²) in [6, 6.07) is 13.9. The average Bonchev–Trinajstić information content (AvgIpc) is 3.33. The Morgan fingerprint density at radius 1 is 0.902 bits per heavy atom. The molecule has 2 aromatic carbocycles. The van der Waals surface area contributed by atoms with Crippen LogP contribution in [0.25, 0.3) is 22.2 Å². The van der Waals surface area contributed by atoms with E-state index in [9.17, 15) is 0 Å². The fourth-order valence-electron chi connectivity index (χ4n) is 5.08. The Morgan fingerprint density at radius 2 is 1.61 bits per heavy atom. The molecule has 3 aromatic heterocycles. The van der Waals surface area contributed by atoms with Crippen LogP contribution >= 0.6 is 0 Å². The fraction of sp³-hybridized carbons (Fsp3) is 0.312. The summed E-state index contributed by atoms with van der Waals surface area (Å²) in [4.78, 5) is 19.6. The van der Waals surface area contributed by atoms with Crippen LogP contribution in [0.5, 0.6) is 17.2 Å². The molecule has 41 heavy (non-hydrogen) atoms. The van der Waals surface area contributed by atoms with Gasteiger partial charge in [0.1, 0.15) is 47.5 Å². The molecule has 1 saturated heterocycles. The molecule has 5 aromatic rings. The molecule has 0 saturated carbocycles. The second-order valence-corrected chi connectivity index (χ2v) is 10.3. The maximum atomic E-state index is 6.32. The first kappa shape index (κ1) is 28.0. The summed E-state index contributed by atoms with van der Waals surface area (Å²) >= 11 is 0. The summed E-state index contributed by atoms with van der Waals surface area (Å²) in [5, 5.41) is 0.887. The lowest BCUT2D eigenvalue weighted by atomic mass is 10.0. The molecule has 1 aliphatic rings. The van der Waals surface area contributed by atoms with E-state index in [0.29, 0.717) is 24.1 Å². The third-order valence-corrected chi connectivity index (χ3v) is 6.94. The van der Waals surface area contributed by atoms with Crippen LogP contribution in [0, 0.1) is 19.8 Å². The van der Waals surface area contributed by atoms with Gasteiger partial charge in [-0.3, -0.25) is 0 Å². The molecule has 0 spiro atoms. The zero-order valence-electron chi connectivity index (χ0n) is 24.3. The van der Waals surface area contributed by atoms with Crippen LogP contribution in [0.3, 0.4) is 0 Å². The van der Waals surface area contributed by atoms with Crippen LogP contribution < -0.4 is 15.2 Å². The number of hydrogen-bond donors (Lipinski definition) is 1. The number of hydrogen-bond acceptors (Lipinski definition) is 8. The Hall–Kier alpha value is -4.50. The molecule has 212 valence electrons. The zero-order valence-corrected chi connectivity index (χ0v) is 24.3. The molecule has 0 atom stereocenters. The number of benzene rings is 2. The summed E-state index contributed by atoms with van der Waals surface area (Å²) in [6.07, 6.45) is 7.24. The second-order valence-electron chi connectivity index (χ2n) is 10.3. The van der Waals surface area contributed by atoms with E-state index in [4.69, 9.17) is 15.2 Å². The van der Waals surface area contributed by atoms with E-state index < -0.39 is 0 Å². The number of aryl methyl sites for hydroxylation is 2. The van der Waals surface area contributed by atoms with Gasteiger partial charge < -0.3 is 24.7 Å². The van der Waals surface area contributed by atoms with Gasteiger partial charge in [-0.25, -0.2) is 19.9 Å². The van der Waals surface area contributed by atoms with Crippen molar-refractivity contribution in [3.8, 4) is 28.4 Å². The minimum Gasteiger partial charge on any atom is -0.489 e. The van der Waals surface area contributed by atoms with Gasteiger partial charge in [0.05, 0.1) is 5.39 Å². The van der Waals surface area contributed by atoms with Crippen molar-refractivity contribution in [1.29, 1.82) is 0 Å². The number of nitrogen functional groups attached to an aromatic ring is 1. The molecule has 0 unspecified atom stereocenters. The molecule has 2 N–H and O–H groups in total. The van der Waals surface area contributed by atoms with Gasteiger partial charge in [-0.2, -0.15) is 0 Å². The summed E-state index contributed by atoms with van der Waals surface area (Å²) in [5.41, 5.74) is 11.2. The summed E-state index contributed by atoms with van der Waals surface area (Å²) in [7, 11) is 2.14. The Kier molecular flexibility index (Phi) is 8.45. The Bertz CT molecular complexity index is 1610. The maximum absolute atomic E-state index is 6.32. The number of rotatable bonds is 8. The Balaban J connectivity index is 0.00000165. The molecule has 1 aliphatic heterocycles. The highest BCUT2D eigenvalue weighted by atomic mass is 16.5. The van der Waals surface area contributed by atoms with Gasteiger partial charge in [0.2, 0.25) is 0 Å². The Morgan fingerprint density at radius 3 is 2.32 bits per heavy atom. The molecule has 4 heterocycles. The third-order valence-electron chi connectivity index (χ3n) is 6.94. The smallest absolute Gasteiger partial charge is 0.146 e. The first-order valence-corrected chi connectivity index (χ1v) is 14.0. The molecule has 9 nitrogen and oxygen atoms in total. The van der Waals surface area contributed by atoms with E-state index in [0.717, 1.165) is 70.2 Å². The number of aromatic nitrogens is 5. The molecule has 9 heteroatoms. The van der Waals surface area contributed by atoms with E-state index in [-0.39, 0.29) is 0 Å². The van der Waals surface area contributed by atoms with Crippen LogP contribution in [-0.2, 0) is 13.2 Å². The minimum absolute atomic E-state index is 0.385. The summed E-state index contributed by atoms with van der Waals surface area (Å²) in [5.74, 6) is 4.00. The average molecular weight is 552 g/mol. The third kappa shape index (κ3) is 6.47. The molecule has 0 bridgehead atoms. The number of nitrogens with two attached hydrogens (primary N) is 1. The molecule has 1 fully saturated rings. The monoisotopic (exact) mass is 551 g/mol. The highest BCUT2D eigenvalue weighted by Crippen LogP contribution is 2.35. The molecule has 6 rings (SSSR count). The maximum Gasteiger partial charge on any atom is 0.146 e. The first-order chi connectivity index (χ1) is 19.9. The van der Waals surface area contributed by atoms with Crippen LogP contribution in [-0.4, -0.2) is 49.5 Å². The van der Waals surface area contributed by atoms with Crippen molar-refractivity contribution in [2.24, 2.45) is 5.92 Å². The van der Waals surface area contributed by atoms with Crippen LogP contribution in [0.2, 0.25) is 0 Å². The van der Waals surface area contributed by atoms with Gasteiger partial charge in [0.15, 0.2) is 0 Å². The topological polar surface area (TPSA) is 104 Å². The van der Waals surface area contributed by atoms with E-state index in [2.05, 4.69) is 42.6 Å². The zero-order chi connectivity index (χ0) is 28.9. The minimum atomic E-state index is 0.385. The van der Waals surface area contributed by atoms with Gasteiger partial charge in [-0.1, -0.05) is 26.0 Å². The second kappa shape index (κ2) is 12.3. The lowest BCUT2D eigenvalue weighted by Crippen LogP contribution is -2.45. The molecular weight excluding hydrogens is 514 g/mol. The van der Waals surface area contributed by atoms with E-state index in [1.807, 2.05) is 70.2 Å². The quantitative estimate of drug-likeness (QED) is 0.249. The van der Waals surface area contributed by atoms with Gasteiger partial charge in [-0.05, 0) is 56.3 Å². The molecule has 0 radical (unpaired) electrons. The number of likely N-dealkylation sites (tertiary alicyclic amines) is 1. The van der Waals surface area contributed by atoms with Gasteiger partial charge in [-0.15, -0.1) is 0 Å². The highest BCUT2D eigenvalue weighted by Gasteiger charge is 2.25.